The first-order chi connectivity index (χ1) is 14.1. The van der Waals surface area contributed by atoms with Crippen LogP contribution in [0.4, 0.5) is 5.69 Å². The van der Waals surface area contributed by atoms with E-state index in [1.54, 1.807) is 6.08 Å². The van der Waals surface area contributed by atoms with E-state index in [-0.39, 0.29) is 0 Å². The molecule has 0 bridgehead atoms. The highest BCUT2D eigenvalue weighted by Gasteiger charge is 2.09. The lowest BCUT2D eigenvalue weighted by Crippen LogP contribution is -2.25. The SMILES string of the molecule is CCCCN(CCCC)c1ccc(C(=CC=O)c2cccc(CN(C)C)c2)cc1. The van der Waals surface area contributed by atoms with Gasteiger partial charge in [0.15, 0.2) is 0 Å². The molecule has 3 heteroatoms. The van der Waals surface area contributed by atoms with E-state index in [4.69, 9.17) is 0 Å². The van der Waals surface area contributed by atoms with Gasteiger partial charge in [0.2, 0.25) is 0 Å². The molecule has 0 atom stereocenters. The third kappa shape index (κ3) is 7.17. The predicted octanol–water partition coefficient (Wildman–Crippen LogP) is 5.79. The molecule has 0 fully saturated rings. The molecular formula is C26H36N2O. The molecule has 3 nitrogen and oxygen atoms in total. The Labute approximate surface area is 177 Å². The van der Waals surface area contributed by atoms with Crippen LogP contribution >= 0.6 is 0 Å². The summed E-state index contributed by atoms with van der Waals surface area (Å²) in [6.45, 7) is 7.55. The van der Waals surface area contributed by atoms with Gasteiger partial charge in [-0.25, -0.2) is 0 Å². The highest BCUT2D eigenvalue weighted by molar-refractivity contribution is 5.90. The Hall–Kier alpha value is -2.39. The molecular weight excluding hydrogens is 356 g/mol. The number of unbranched alkanes of at least 4 members (excludes halogenated alkanes) is 2. The monoisotopic (exact) mass is 392 g/mol. The van der Waals surface area contributed by atoms with E-state index in [0.29, 0.717) is 0 Å². The van der Waals surface area contributed by atoms with Crippen LogP contribution in [0.5, 0.6) is 0 Å². The van der Waals surface area contributed by atoms with Crippen LogP contribution < -0.4 is 4.90 Å². The minimum Gasteiger partial charge on any atom is -0.372 e. The van der Waals surface area contributed by atoms with Gasteiger partial charge in [0.1, 0.15) is 6.29 Å². The maximum absolute atomic E-state index is 11.3. The van der Waals surface area contributed by atoms with Crippen molar-refractivity contribution in [3.8, 4) is 0 Å². The number of aldehydes is 1. The largest absolute Gasteiger partial charge is 0.372 e. The summed E-state index contributed by atoms with van der Waals surface area (Å²) < 4.78 is 0. The van der Waals surface area contributed by atoms with Crippen LogP contribution in [0.15, 0.2) is 54.6 Å². The Balaban J connectivity index is 2.28. The first kappa shape index (κ1) is 22.9. The molecule has 156 valence electrons. The van der Waals surface area contributed by atoms with Gasteiger partial charge in [-0.1, -0.05) is 57.0 Å². The Morgan fingerprint density at radius 3 is 2.10 bits per heavy atom. The highest BCUT2D eigenvalue weighted by Crippen LogP contribution is 2.27. The third-order valence-corrected chi connectivity index (χ3v) is 5.08. The summed E-state index contributed by atoms with van der Waals surface area (Å²) in [4.78, 5) is 16.0. The van der Waals surface area contributed by atoms with Gasteiger partial charge in [-0.3, -0.25) is 4.79 Å². The average Bonchev–Trinajstić information content (AvgIpc) is 2.72. The molecule has 0 saturated carbocycles. The zero-order valence-corrected chi connectivity index (χ0v) is 18.5. The molecule has 0 spiro atoms. The lowest BCUT2D eigenvalue weighted by molar-refractivity contribution is -0.104. The van der Waals surface area contributed by atoms with Gasteiger partial charge >= 0.3 is 0 Å². The molecule has 0 aliphatic heterocycles. The Bertz CT molecular complexity index is 770. The molecule has 0 saturated heterocycles. The van der Waals surface area contributed by atoms with Crippen molar-refractivity contribution < 1.29 is 4.79 Å². The molecule has 0 aromatic heterocycles. The summed E-state index contributed by atoms with van der Waals surface area (Å²) in [6.07, 6.45) is 7.39. The average molecular weight is 393 g/mol. The summed E-state index contributed by atoms with van der Waals surface area (Å²) in [5.41, 5.74) is 5.64. The summed E-state index contributed by atoms with van der Waals surface area (Å²) in [5, 5.41) is 0. The van der Waals surface area contributed by atoms with Crippen molar-refractivity contribution in [2.24, 2.45) is 0 Å². The van der Waals surface area contributed by atoms with Crippen LogP contribution in [0, 0.1) is 0 Å². The van der Waals surface area contributed by atoms with E-state index in [1.165, 1.54) is 36.9 Å². The Morgan fingerprint density at radius 1 is 0.897 bits per heavy atom. The highest BCUT2D eigenvalue weighted by atomic mass is 16.1. The van der Waals surface area contributed by atoms with Crippen molar-refractivity contribution in [2.45, 2.75) is 46.1 Å². The molecule has 0 aliphatic carbocycles. The van der Waals surface area contributed by atoms with Crippen LogP contribution in [0.3, 0.4) is 0 Å². The normalized spacial score (nSPS) is 11.7. The van der Waals surface area contributed by atoms with Gasteiger partial charge in [0.25, 0.3) is 0 Å². The van der Waals surface area contributed by atoms with Crippen LogP contribution in [-0.2, 0) is 11.3 Å². The Morgan fingerprint density at radius 2 is 1.55 bits per heavy atom. The van der Waals surface area contributed by atoms with Crippen molar-refractivity contribution in [1.82, 2.24) is 4.90 Å². The van der Waals surface area contributed by atoms with E-state index in [1.807, 2.05) is 0 Å². The quantitative estimate of drug-likeness (QED) is 0.338. The second-order valence-corrected chi connectivity index (χ2v) is 7.90. The van der Waals surface area contributed by atoms with E-state index >= 15 is 0 Å². The number of nitrogens with zero attached hydrogens (tertiary/aromatic N) is 2. The third-order valence-electron chi connectivity index (χ3n) is 5.08. The summed E-state index contributed by atoms with van der Waals surface area (Å²) in [7, 11) is 4.13. The molecule has 0 N–H and O–H groups in total. The number of anilines is 1. The number of carbonyl (C=O) groups is 1. The topological polar surface area (TPSA) is 23.6 Å². The first-order valence-electron chi connectivity index (χ1n) is 10.8. The fraction of sp³-hybridized carbons (Fsp3) is 0.423. The van der Waals surface area contributed by atoms with Crippen molar-refractivity contribution >= 4 is 17.5 Å². The van der Waals surface area contributed by atoms with Crippen molar-refractivity contribution in [3.05, 3.63) is 71.3 Å². The molecule has 2 aromatic carbocycles. The Kier molecular flexibility index (Phi) is 9.66. The zero-order chi connectivity index (χ0) is 21.1. The number of hydrogen-bond acceptors (Lipinski definition) is 3. The zero-order valence-electron chi connectivity index (χ0n) is 18.5. The molecule has 2 rings (SSSR count). The second kappa shape index (κ2) is 12.2. The predicted molar refractivity (Wildman–Crippen MR) is 125 cm³/mol. The van der Waals surface area contributed by atoms with Gasteiger partial charge in [-0.2, -0.15) is 0 Å². The smallest absolute Gasteiger partial charge is 0.143 e. The molecule has 29 heavy (non-hydrogen) atoms. The second-order valence-electron chi connectivity index (χ2n) is 7.90. The van der Waals surface area contributed by atoms with Crippen molar-refractivity contribution in [1.29, 1.82) is 0 Å². The van der Waals surface area contributed by atoms with Crippen LogP contribution in [0.25, 0.3) is 5.57 Å². The lowest BCUT2D eigenvalue weighted by atomic mass is 9.96. The molecule has 0 aliphatic rings. The maximum atomic E-state index is 11.3. The summed E-state index contributed by atoms with van der Waals surface area (Å²) >= 11 is 0. The van der Waals surface area contributed by atoms with Crippen molar-refractivity contribution in [3.63, 3.8) is 0 Å². The van der Waals surface area contributed by atoms with Gasteiger partial charge in [0.05, 0.1) is 0 Å². The minimum absolute atomic E-state index is 0.880. The summed E-state index contributed by atoms with van der Waals surface area (Å²) in [5.74, 6) is 0. The number of hydrogen-bond donors (Lipinski definition) is 0. The van der Waals surface area contributed by atoms with E-state index in [2.05, 4.69) is 86.3 Å². The van der Waals surface area contributed by atoms with Crippen LogP contribution in [-0.4, -0.2) is 38.4 Å². The standard InChI is InChI=1S/C26H36N2O/c1-5-7-17-28(18-8-6-2)25-14-12-23(13-15-25)26(16-19-29)24-11-9-10-22(20-24)21-27(3)4/h9-16,19-20H,5-8,17-18,21H2,1-4H3. The lowest BCUT2D eigenvalue weighted by Gasteiger charge is -2.25. The molecule has 0 unspecified atom stereocenters. The fourth-order valence-corrected chi connectivity index (χ4v) is 3.55. The van der Waals surface area contributed by atoms with E-state index in [9.17, 15) is 4.79 Å². The van der Waals surface area contributed by atoms with Gasteiger partial charge in [-0.05, 0) is 73.5 Å². The van der Waals surface area contributed by atoms with E-state index < -0.39 is 0 Å². The van der Waals surface area contributed by atoms with E-state index in [0.717, 1.165) is 42.6 Å². The minimum atomic E-state index is 0.880. The number of benzene rings is 2. The number of allylic oxidation sites excluding steroid dienone is 1. The fourth-order valence-electron chi connectivity index (χ4n) is 3.55. The maximum Gasteiger partial charge on any atom is 0.143 e. The molecule has 0 amide bonds. The van der Waals surface area contributed by atoms with Gasteiger partial charge < -0.3 is 9.80 Å². The number of carbonyl (C=O) groups excluding carboxylic acids is 1. The number of rotatable bonds is 12. The first-order valence-corrected chi connectivity index (χ1v) is 10.8. The van der Waals surface area contributed by atoms with Crippen molar-refractivity contribution in [2.75, 3.05) is 32.1 Å². The van der Waals surface area contributed by atoms with Gasteiger partial charge in [0, 0.05) is 25.3 Å². The molecule has 2 aromatic rings. The van der Waals surface area contributed by atoms with Crippen LogP contribution in [0.2, 0.25) is 0 Å². The molecule has 0 radical (unpaired) electrons. The molecule has 0 heterocycles. The van der Waals surface area contributed by atoms with Gasteiger partial charge in [-0.15, -0.1) is 0 Å². The summed E-state index contributed by atoms with van der Waals surface area (Å²) in [6, 6.07) is 17.1. The van der Waals surface area contributed by atoms with Crippen LogP contribution in [0.1, 0.15) is 56.2 Å².